The summed E-state index contributed by atoms with van der Waals surface area (Å²) in [5, 5.41) is 17.7. The molecule has 4 rings (SSSR count). The number of nitrogens with zero attached hydrogens (tertiary/aromatic N) is 7. The summed E-state index contributed by atoms with van der Waals surface area (Å²) < 4.78 is 1.39. The highest BCUT2D eigenvalue weighted by Crippen LogP contribution is 2.32. The zero-order valence-electron chi connectivity index (χ0n) is 12.2. The Kier molecular flexibility index (Phi) is 3.30. The maximum atomic E-state index is 13.0. The second-order valence-electron chi connectivity index (χ2n) is 5.30. The molecule has 1 N–H and O–H groups in total. The molecular formula is C14H14N8O. The average Bonchev–Trinajstić information content (AvgIpc) is 3.34. The predicted octanol–water partition coefficient (Wildman–Crippen LogP) is 0.758. The van der Waals surface area contributed by atoms with Crippen LogP contribution in [0.3, 0.4) is 0 Å². The fraction of sp³-hybridized carbons (Fsp3) is 0.286. The van der Waals surface area contributed by atoms with Crippen LogP contribution in [0.2, 0.25) is 0 Å². The van der Waals surface area contributed by atoms with Gasteiger partial charge in [0.15, 0.2) is 5.82 Å². The van der Waals surface area contributed by atoms with Gasteiger partial charge in [-0.15, -0.1) is 5.10 Å². The molecule has 9 nitrogen and oxygen atoms in total. The van der Waals surface area contributed by atoms with Gasteiger partial charge in [0.05, 0.1) is 17.9 Å². The Morgan fingerprint density at radius 3 is 3.09 bits per heavy atom. The molecule has 0 saturated carbocycles. The lowest BCUT2D eigenvalue weighted by atomic mass is 10.1. The minimum absolute atomic E-state index is 0.0136. The molecule has 1 amide bonds. The van der Waals surface area contributed by atoms with Gasteiger partial charge in [0, 0.05) is 12.7 Å². The number of hydrogen-bond acceptors (Lipinski definition) is 6. The first-order valence-electron chi connectivity index (χ1n) is 7.33. The molecule has 3 aromatic heterocycles. The van der Waals surface area contributed by atoms with E-state index >= 15 is 0 Å². The Bertz CT molecular complexity index is 797. The van der Waals surface area contributed by atoms with Gasteiger partial charge in [-0.25, -0.2) is 0 Å². The highest BCUT2D eigenvalue weighted by Gasteiger charge is 2.33. The number of amides is 1. The molecule has 0 spiro atoms. The molecule has 1 aliphatic heterocycles. The Morgan fingerprint density at radius 2 is 2.30 bits per heavy atom. The van der Waals surface area contributed by atoms with Crippen LogP contribution in [0.1, 0.15) is 34.9 Å². The largest absolute Gasteiger partial charge is 0.330 e. The van der Waals surface area contributed by atoms with Crippen LogP contribution in [-0.4, -0.2) is 52.7 Å². The summed E-state index contributed by atoms with van der Waals surface area (Å²) in [7, 11) is 0. The van der Waals surface area contributed by atoms with Crippen LogP contribution < -0.4 is 0 Å². The summed E-state index contributed by atoms with van der Waals surface area (Å²) >= 11 is 0. The van der Waals surface area contributed by atoms with Gasteiger partial charge in [-0.1, -0.05) is 6.07 Å². The van der Waals surface area contributed by atoms with E-state index < -0.39 is 0 Å². The van der Waals surface area contributed by atoms with Crippen LogP contribution in [0.4, 0.5) is 0 Å². The van der Waals surface area contributed by atoms with E-state index in [0.717, 1.165) is 18.5 Å². The fourth-order valence-corrected chi connectivity index (χ4v) is 2.92. The number of pyridine rings is 1. The van der Waals surface area contributed by atoms with Crippen LogP contribution in [0.15, 0.2) is 36.9 Å². The first-order valence-corrected chi connectivity index (χ1v) is 7.33. The van der Waals surface area contributed by atoms with Gasteiger partial charge >= 0.3 is 0 Å². The quantitative estimate of drug-likeness (QED) is 0.765. The van der Waals surface area contributed by atoms with Gasteiger partial charge in [-0.05, 0) is 35.4 Å². The number of hydrogen-bond donors (Lipinski definition) is 1. The minimum Gasteiger partial charge on any atom is -0.330 e. The average molecular weight is 310 g/mol. The van der Waals surface area contributed by atoms with Crippen LogP contribution >= 0.6 is 0 Å². The van der Waals surface area contributed by atoms with Gasteiger partial charge < -0.3 is 4.90 Å². The highest BCUT2D eigenvalue weighted by molar-refractivity contribution is 5.97. The molecule has 116 valence electrons. The second-order valence-corrected chi connectivity index (χ2v) is 5.30. The molecule has 23 heavy (non-hydrogen) atoms. The lowest BCUT2D eigenvalue weighted by Gasteiger charge is -2.24. The standard InChI is InChI=1S/C14H14N8O/c23-14(10-8-16-18-13(10)22-9-17-19-20-22)21-7-3-5-12(21)11-4-1-2-6-15-11/h1-2,4,6,8-9,12H,3,5,7H2,(H,16,18). The number of carbonyl (C=O) groups excluding carboxylic acids is 1. The summed E-state index contributed by atoms with van der Waals surface area (Å²) in [6.07, 6.45) is 6.53. The molecule has 4 heterocycles. The van der Waals surface area contributed by atoms with E-state index in [4.69, 9.17) is 0 Å². The number of carbonyl (C=O) groups is 1. The molecule has 0 bridgehead atoms. The lowest BCUT2D eigenvalue weighted by Crippen LogP contribution is -2.31. The summed E-state index contributed by atoms with van der Waals surface area (Å²) in [6, 6.07) is 5.75. The number of nitrogens with one attached hydrogen (secondary N) is 1. The molecule has 1 unspecified atom stereocenters. The van der Waals surface area contributed by atoms with E-state index in [1.807, 2.05) is 23.1 Å². The summed E-state index contributed by atoms with van der Waals surface area (Å²) in [5.41, 5.74) is 1.35. The Morgan fingerprint density at radius 1 is 1.35 bits per heavy atom. The van der Waals surface area contributed by atoms with Gasteiger partial charge in [0.25, 0.3) is 5.91 Å². The monoisotopic (exact) mass is 310 g/mol. The van der Waals surface area contributed by atoms with Crippen molar-refractivity contribution < 1.29 is 4.79 Å². The van der Waals surface area contributed by atoms with E-state index in [-0.39, 0.29) is 11.9 Å². The summed E-state index contributed by atoms with van der Waals surface area (Å²) in [6.45, 7) is 0.695. The van der Waals surface area contributed by atoms with Crippen molar-refractivity contribution in [3.05, 3.63) is 48.2 Å². The first kappa shape index (κ1) is 13.6. The van der Waals surface area contributed by atoms with Crippen molar-refractivity contribution in [2.45, 2.75) is 18.9 Å². The third kappa shape index (κ3) is 2.35. The van der Waals surface area contributed by atoms with E-state index in [1.165, 1.54) is 17.2 Å². The predicted molar refractivity (Wildman–Crippen MR) is 78.5 cm³/mol. The van der Waals surface area contributed by atoms with E-state index in [1.54, 1.807) is 6.20 Å². The van der Waals surface area contributed by atoms with Crippen molar-refractivity contribution in [1.82, 2.24) is 40.3 Å². The van der Waals surface area contributed by atoms with Gasteiger partial charge in [-0.3, -0.25) is 14.9 Å². The lowest BCUT2D eigenvalue weighted by molar-refractivity contribution is 0.0733. The Balaban J connectivity index is 1.66. The molecule has 0 radical (unpaired) electrons. The number of H-pyrrole nitrogens is 1. The molecule has 0 aromatic carbocycles. The smallest absolute Gasteiger partial charge is 0.259 e. The number of likely N-dealkylation sites (tertiary alicyclic amines) is 1. The van der Waals surface area contributed by atoms with E-state index in [0.29, 0.717) is 17.9 Å². The third-order valence-corrected chi connectivity index (χ3v) is 3.97. The third-order valence-electron chi connectivity index (χ3n) is 3.97. The SMILES string of the molecule is O=C(c1cn[nH]c1-n1cnnn1)N1CCCC1c1ccccn1. The van der Waals surface area contributed by atoms with Crippen LogP contribution in [0.5, 0.6) is 0 Å². The zero-order valence-corrected chi connectivity index (χ0v) is 12.2. The van der Waals surface area contributed by atoms with Crippen molar-refractivity contribution in [3.8, 4) is 5.82 Å². The maximum Gasteiger partial charge on any atom is 0.259 e. The maximum absolute atomic E-state index is 13.0. The summed E-state index contributed by atoms with van der Waals surface area (Å²) in [4.78, 5) is 19.2. The fourth-order valence-electron chi connectivity index (χ4n) is 2.92. The molecular weight excluding hydrogens is 296 g/mol. The van der Waals surface area contributed by atoms with Gasteiger partial charge in [0.2, 0.25) is 0 Å². The normalized spacial score (nSPS) is 17.6. The number of tetrazole rings is 1. The minimum atomic E-state index is -0.0996. The molecule has 1 atom stereocenters. The van der Waals surface area contributed by atoms with Crippen molar-refractivity contribution in [3.63, 3.8) is 0 Å². The van der Waals surface area contributed by atoms with E-state index in [2.05, 4.69) is 30.7 Å². The van der Waals surface area contributed by atoms with Crippen molar-refractivity contribution >= 4 is 5.91 Å². The molecule has 1 aliphatic rings. The van der Waals surface area contributed by atoms with Crippen molar-refractivity contribution in [1.29, 1.82) is 0 Å². The summed E-state index contributed by atoms with van der Waals surface area (Å²) in [5.74, 6) is 0.365. The Hall–Kier alpha value is -3.10. The van der Waals surface area contributed by atoms with Gasteiger partial charge in [0.1, 0.15) is 11.9 Å². The molecule has 1 fully saturated rings. The van der Waals surface area contributed by atoms with Gasteiger partial charge in [-0.2, -0.15) is 9.78 Å². The van der Waals surface area contributed by atoms with Crippen molar-refractivity contribution in [2.24, 2.45) is 0 Å². The second kappa shape index (κ2) is 5.59. The molecule has 0 aliphatic carbocycles. The van der Waals surface area contributed by atoms with Crippen molar-refractivity contribution in [2.75, 3.05) is 6.54 Å². The zero-order chi connectivity index (χ0) is 15.6. The Labute approximate surface area is 131 Å². The van der Waals surface area contributed by atoms with Crippen LogP contribution in [0, 0.1) is 0 Å². The molecule has 3 aromatic rings. The highest BCUT2D eigenvalue weighted by atomic mass is 16.2. The van der Waals surface area contributed by atoms with Crippen LogP contribution in [0.25, 0.3) is 5.82 Å². The number of rotatable bonds is 3. The van der Waals surface area contributed by atoms with Crippen LogP contribution in [-0.2, 0) is 0 Å². The molecule has 9 heteroatoms. The molecule has 1 saturated heterocycles. The topological polar surface area (TPSA) is 105 Å². The van der Waals surface area contributed by atoms with E-state index in [9.17, 15) is 4.79 Å². The number of aromatic nitrogens is 7. The number of aromatic amines is 1. The first-order chi connectivity index (χ1) is 11.3.